The van der Waals surface area contributed by atoms with E-state index in [2.05, 4.69) is 0 Å². The highest BCUT2D eigenvalue weighted by atomic mass is 35.5. The van der Waals surface area contributed by atoms with Crippen molar-refractivity contribution in [1.29, 1.82) is 0 Å². The number of hydrogen-bond acceptors (Lipinski definition) is 2. The number of aliphatic hydroxyl groups excluding tert-OH is 1. The summed E-state index contributed by atoms with van der Waals surface area (Å²) >= 11 is 5.83. The molecule has 16 heavy (non-hydrogen) atoms. The summed E-state index contributed by atoms with van der Waals surface area (Å²) in [6.07, 6.45) is -1.44. The Labute approximate surface area is 99.7 Å². The van der Waals surface area contributed by atoms with E-state index in [0.29, 0.717) is 5.02 Å². The van der Waals surface area contributed by atoms with E-state index in [-0.39, 0.29) is 0 Å². The predicted octanol–water partition coefficient (Wildman–Crippen LogP) is 2.37. The molecule has 0 aliphatic carbocycles. The van der Waals surface area contributed by atoms with Crippen LogP contribution in [0, 0.1) is 6.92 Å². The van der Waals surface area contributed by atoms with Crippen LogP contribution in [-0.2, 0) is 10.2 Å². The van der Waals surface area contributed by atoms with Crippen LogP contribution < -0.4 is 0 Å². The topological polar surface area (TPSA) is 57.5 Å². The van der Waals surface area contributed by atoms with E-state index in [1.165, 1.54) is 0 Å². The molecule has 1 unspecified atom stereocenters. The Balaban J connectivity index is 3.21. The highest BCUT2D eigenvalue weighted by Crippen LogP contribution is 2.31. The number of rotatable bonds is 3. The van der Waals surface area contributed by atoms with Crippen molar-refractivity contribution in [2.24, 2.45) is 0 Å². The third-order valence-corrected chi connectivity index (χ3v) is 3.04. The van der Waals surface area contributed by atoms with Crippen molar-refractivity contribution >= 4 is 17.6 Å². The molecule has 0 aliphatic heterocycles. The SMILES string of the molecule is Cc1cc(Cl)ccc1C(C)(C)C(O)C(=O)O. The number of halogens is 1. The summed E-state index contributed by atoms with van der Waals surface area (Å²) in [7, 11) is 0. The van der Waals surface area contributed by atoms with Crippen LogP contribution in [0.4, 0.5) is 0 Å². The fraction of sp³-hybridized carbons (Fsp3) is 0.417. The number of aryl methyl sites for hydroxylation is 1. The van der Waals surface area contributed by atoms with E-state index >= 15 is 0 Å². The molecule has 0 spiro atoms. The molecule has 0 bridgehead atoms. The van der Waals surface area contributed by atoms with Crippen molar-refractivity contribution in [2.45, 2.75) is 32.3 Å². The first-order valence-corrected chi connectivity index (χ1v) is 5.32. The minimum absolute atomic E-state index is 0.599. The average Bonchev–Trinajstić information content (AvgIpc) is 2.15. The van der Waals surface area contributed by atoms with Gasteiger partial charge < -0.3 is 10.2 Å². The summed E-state index contributed by atoms with van der Waals surface area (Å²) in [5.41, 5.74) is 0.810. The van der Waals surface area contributed by atoms with Crippen LogP contribution in [0.2, 0.25) is 5.02 Å². The largest absolute Gasteiger partial charge is 0.479 e. The molecule has 0 fully saturated rings. The first-order chi connectivity index (χ1) is 7.26. The molecular formula is C12H15ClO3. The normalized spacial score (nSPS) is 13.6. The Morgan fingerprint density at radius 3 is 2.44 bits per heavy atom. The Morgan fingerprint density at radius 1 is 1.44 bits per heavy atom. The number of aliphatic hydroxyl groups is 1. The van der Waals surface area contributed by atoms with Crippen molar-refractivity contribution in [3.8, 4) is 0 Å². The van der Waals surface area contributed by atoms with Crippen molar-refractivity contribution in [3.05, 3.63) is 34.3 Å². The first kappa shape index (κ1) is 13.0. The van der Waals surface area contributed by atoms with Gasteiger partial charge in [0, 0.05) is 10.4 Å². The molecule has 0 radical (unpaired) electrons. The molecule has 1 rings (SSSR count). The molecule has 88 valence electrons. The number of carboxylic acids is 1. The Kier molecular flexibility index (Phi) is 3.61. The van der Waals surface area contributed by atoms with Crippen molar-refractivity contribution in [1.82, 2.24) is 0 Å². The minimum atomic E-state index is -1.44. The number of hydrogen-bond donors (Lipinski definition) is 2. The smallest absolute Gasteiger partial charge is 0.333 e. The number of carboxylic acid groups (broad SMARTS) is 1. The molecule has 0 amide bonds. The van der Waals surface area contributed by atoms with Gasteiger partial charge in [-0.25, -0.2) is 4.79 Å². The molecule has 1 aromatic carbocycles. The zero-order valence-corrected chi connectivity index (χ0v) is 10.2. The summed E-state index contributed by atoms with van der Waals surface area (Å²) in [5, 5.41) is 19.1. The van der Waals surface area contributed by atoms with Crippen LogP contribution in [-0.4, -0.2) is 22.3 Å². The standard InChI is InChI=1S/C12H15ClO3/c1-7-6-8(13)4-5-9(7)12(2,3)10(14)11(15)16/h4-6,10,14H,1-3H3,(H,15,16). The zero-order valence-electron chi connectivity index (χ0n) is 9.49. The molecular weight excluding hydrogens is 228 g/mol. The molecule has 1 aromatic rings. The maximum absolute atomic E-state index is 10.8. The number of carbonyl (C=O) groups is 1. The number of aliphatic carboxylic acids is 1. The summed E-state index contributed by atoms with van der Waals surface area (Å²) in [6, 6.07) is 5.21. The summed E-state index contributed by atoms with van der Waals surface area (Å²) in [5.74, 6) is -1.22. The highest BCUT2D eigenvalue weighted by Gasteiger charge is 2.36. The van der Waals surface area contributed by atoms with Gasteiger partial charge in [-0.15, -0.1) is 0 Å². The van der Waals surface area contributed by atoms with Gasteiger partial charge in [0.1, 0.15) is 0 Å². The fourth-order valence-electron chi connectivity index (χ4n) is 1.81. The number of benzene rings is 1. The first-order valence-electron chi connectivity index (χ1n) is 4.94. The van der Waals surface area contributed by atoms with E-state index in [1.807, 2.05) is 6.92 Å². The third kappa shape index (κ3) is 2.36. The molecule has 0 saturated heterocycles. The Bertz CT molecular complexity index is 413. The van der Waals surface area contributed by atoms with Gasteiger partial charge in [0.2, 0.25) is 0 Å². The fourth-order valence-corrected chi connectivity index (χ4v) is 2.03. The molecule has 0 heterocycles. The van der Waals surface area contributed by atoms with Crippen LogP contribution in [0.3, 0.4) is 0 Å². The van der Waals surface area contributed by atoms with Gasteiger partial charge in [0.15, 0.2) is 6.10 Å². The molecule has 3 nitrogen and oxygen atoms in total. The third-order valence-electron chi connectivity index (χ3n) is 2.80. The van der Waals surface area contributed by atoms with Crippen molar-refractivity contribution < 1.29 is 15.0 Å². The van der Waals surface area contributed by atoms with E-state index in [1.54, 1.807) is 32.0 Å². The van der Waals surface area contributed by atoms with Crippen LogP contribution in [0.5, 0.6) is 0 Å². The predicted molar refractivity (Wildman–Crippen MR) is 62.9 cm³/mol. The lowest BCUT2D eigenvalue weighted by Crippen LogP contribution is -2.40. The quantitative estimate of drug-likeness (QED) is 0.856. The molecule has 0 aliphatic rings. The maximum Gasteiger partial charge on any atom is 0.333 e. The van der Waals surface area contributed by atoms with Gasteiger partial charge in [0.25, 0.3) is 0 Å². The van der Waals surface area contributed by atoms with E-state index in [9.17, 15) is 9.90 Å². The van der Waals surface area contributed by atoms with Gasteiger partial charge in [-0.05, 0) is 30.2 Å². The molecule has 0 aromatic heterocycles. The maximum atomic E-state index is 10.8. The molecule has 0 saturated carbocycles. The van der Waals surface area contributed by atoms with E-state index in [0.717, 1.165) is 11.1 Å². The van der Waals surface area contributed by atoms with E-state index in [4.69, 9.17) is 16.7 Å². The second-order valence-corrected chi connectivity index (χ2v) is 4.86. The van der Waals surface area contributed by atoms with E-state index < -0.39 is 17.5 Å². The van der Waals surface area contributed by atoms with Gasteiger partial charge >= 0.3 is 5.97 Å². The zero-order chi connectivity index (χ0) is 12.5. The van der Waals surface area contributed by atoms with Crippen molar-refractivity contribution in [2.75, 3.05) is 0 Å². The minimum Gasteiger partial charge on any atom is -0.479 e. The van der Waals surface area contributed by atoms with Gasteiger partial charge in [0.05, 0.1) is 0 Å². The van der Waals surface area contributed by atoms with Crippen LogP contribution in [0.25, 0.3) is 0 Å². The average molecular weight is 243 g/mol. The molecule has 4 heteroatoms. The van der Waals surface area contributed by atoms with Crippen molar-refractivity contribution in [3.63, 3.8) is 0 Å². The summed E-state index contributed by atoms with van der Waals surface area (Å²) in [4.78, 5) is 10.8. The Morgan fingerprint density at radius 2 is 2.00 bits per heavy atom. The lowest BCUT2D eigenvalue weighted by atomic mass is 9.77. The van der Waals surface area contributed by atoms with Crippen LogP contribution in [0.1, 0.15) is 25.0 Å². The van der Waals surface area contributed by atoms with Crippen LogP contribution >= 0.6 is 11.6 Å². The molecule has 2 N–H and O–H groups in total. The van der Waals surface area contributed by atoms with Crippen LogP contribution in [0.15, 0.2) is 18.2 Å². The highest BCUT2D eigenvalue weighted by molar-refractivity contribution is 6.30. The monoisotopic (exact) mass is 242 g/mol. The van der Waals surface area contributed by atoms with Gasteiger partial charge in [-0.2, -0.15) is 0 Å². The Hall–Kier alpha value is -1.06. The summed E-state index contributed by atoms with van der Waals surface area (Å²) < 4.78 is 0. The summed E-state index contributed by atoms with van der Waals surface area (Å²) in [6.45, 7) is 5.24. The van der Waals surface area contributed by atoms with Gasteiger partial charge in [-0.1, -0.05) is 31.5 Å². The van der Waals surface area contributed by atoms with Gasteiger partial charge in [-0.3, -0.25) is 0 Å². The second kappa shape index (κ2) is 4.44. The lowest BCUT2D eigenvalue weighted by molar-refractivity contribution is -0.150. The lowest BCUT2D eigenvalue weighted by Gasteiger charge is -2.29. The molecule has 1 atom stereocenters. The second-order valence-electron chi connectivity index (χ2n) is 4.42.